The Kier molecular flexibility index (Phi) is 5.83. The van der Waals surface area contributed by atoms with E-state index in [1.54, 1.807) is 24.3 Å². The number of carbonyl (C=O) groups is 1. The van der Waals surface area contributed by atoms with Crippen molar-refractivity contribution in [3.8, 4) is 22.6 Å². The van der Waals surface area contributed by atoms with E-state index in [2.05, 4.69) is 15.9 Å². The van der Waals surface area contributed by atoms with Crippen LogP contribution in [0.1, 0.15) is 16.3 Å². The van der Waals surface area contributed by atoms with Gasteiger partial charge >= 0.3 is 12.1 Å². The Morgan fingerprint density at radius 1 is 0.944 bits per heavy atom. The van der Waals surface area contributed by atoms with Gasteiger partial charge in [0.05, 0.1) is 18.1 Å². The van der Waals surface area contributed by atoms with E-state index in [0.29, 0.717) is 11.0 Å². The standard InChI is InChI=1S/C26H14BrF3O6/c1-33-19-5-3-2-4-16(19)22-23(31)17-8-7-15(12-20(17)36-24(22)26(28,29)30)34-25(32)21-11-13-10-14(27)6-9-18(13)35-21/h2-12H,1H3. The number of methoxy groups -OCH3 is 1. The fourth-order valence-electron chi connectivity index (χ4n) is 3.80. The zero-order valence-corrected chi connectivity index (χ0v) is 19.9. The molecule has 0 N–H and O–H groups in total. The van der Waals surface area contributed by atoms with E-state index >= 15 is 0 Å². The van der Waals surface area contributed by atoms with Crippen molar-refractivity contribution in [2.75, 3.05) is 7.11 Å². The summed E-state index contributed by atoms with van der Waals surface area (Å²) in [5, 5.41) is 0.525. The predicted octanol–water partition coefficient (Wildman–Crippen LogP) is 7.22. The van der Waals surface area contributed by atoms with Crippen LogP contribution in [-0.2, 0) is 6.18 Å². The number of rotatable bonds is 4. The molecule has 2 heterocycles. The van der Waals surface area contributed by atoms with Gasteiger partial charge in [0, 0.05) is 21.5 Å². The lowest BCUT2D eigenvalue weighted by molar-refractivity contribution is -0.152. The lowest BCUT2D eigenvalue weighted by atomic mass is 10.0. The van der Waals surface area contributed by atoms with Crippen molar-refractivity contribution in [1.82, 2.24) is 0 Å². The number of furan rings is 1. The number of hydrogen-bond acceptors (Lipinski definition) is 6. The molecule has 0 radical (unpaired) electrons. The van der Waals surface area contributed by atoms with E-state index in [0.717, 1.165) is 10.5 Å². The fraction of sp³-hybridized carbons (Fsp3) is 0.0769. The first-order valence-corrected chi connectivity index (χ1v) is 11.2. The average Bonchev–Trinajstić information content (AvgIpc) is 3.27. The van der Waals surface area contributed by atoms with Gasteiger partial charge in [-0.2, -0.15) is 13.2 Å². The minimum atomic E-state index is -4.99. The molecule has 0 aliphatic carbocycles. The van der Waals surface area contributed by atoms with E-state index in [4.69, 9.17) is 18.3 Å². The number of hydrogen-bond donors (Lipinski definition) is 0. The lowest BCUT2D eigenvalue weighted by Crippen LogP contribution is -2.16. The maximum Gasteiger partial charge on any atom is 0.450 e. The summed E-state index contributed by atoms with van der Waals surface area (Å²) >= 11 is 3.33. The normalized spacial score (nSPS) is 11.7. The second kappa shape index (κ2) is 8.87. The van der Waals surface area contributed by atoms with Crippen LogP contribution in [0.3, 0.4) is 0 Å². The first kappa shape index (κ1) is 23.7. The first-order chi connectivity index (χ1) is 17.2. The number of halogens is 4. The molecule has 0 aliphatic heterocycles. The lowest BCUT2D eigenvalue weighted by Gasteiger charge is -2.15. The number of alkyl halides is 3. The van der Waals surface area contributed by atoms with E-state index in [1.807, 2.05) is 0 Å². The highest BCUT2D eigenvalue weighted by atomic mass is 79.9. The van der Waals surface area contributed by atoms with Crippen molar-refractivity contribution < 1.29 is 36.3 Å². The number of esters is 1. The molecule has 6 nitrogen and oxygen atoms in total. The zero-order valence-electron chi connectivity index (χ0n) is 18.3. The first-order valence-electron chi connectivity index (χ1n) is 10.4. The van der Waals surface area contributed by atoms with E-state index in [-0.39, 0.29) is 28.2 Å². The van der Waals surface area contributed by atoms with Gasteiger partial charge in [0.15, 0.2) is 0 Å². The van der Waals surface area contributed by atoms with Crippen LogP contribution in [0.5, 0.6) is 11.5 Å². The molecule has 0 atom stereocenters. The van der Waals surface area contributed by atoms with Crippen LogP contribution in [0.15, 0.2) is 84.8 Å². The quantitative estimate of drug-likeness (QED) is 0.171. The molecule has 0 saturated carbocycles. The number of para-hydroxylation sites is 1. The van der Waals surface area contributed by atoms with Crippen molar-refractivity contribution in [3.05, 3.63) is 92.9 Å². The zero-order chi connectivity index (χ0) is 25.6. The van der Waals surface area contributed by atoms with Gasteiger partial charge in [-0.3, -0.25) is 4.79 Å². The van der Waals surface area contributed by atoms with E-state index < -0.39 is 34.5 Å². The van der Waals surface area contributed by atoms with Gasteiger partial charge in [0.2, 0.25) is 16.9 Å². The third-order valence-corrected chi connectivity index (χ3v) is 5.88. The van der Waals surface area contributed by atoms with Crippen molar-refractivity contribution >= 4 is 43.8 Å². The molecule has 0 aliphatic rings. The summed E-state index contributed by atoms with van der Waals surface area (Å²) in [5.41, 5.74) is -1.59. The van der Waals surface area contributed by atoms with Gasteiger partial charge in [-0.25, -0.2) is 4.79 Å². The molecule has 0 amide bonds. The van der Waals surface area contributed by atoms with E-state index in [9.17, 15) is 22.8 Å². The van der Waals surface area contributed by atoms with Crippen LogP contribution in [-0.4, -0.2) is 13.1 Å². The Morgan fingerprint density at radius 2 is 1.72 bits per heavy atom. The molecular formula is C26H14BrF3O6. The molecule has 5 rings (SSSR count). The molecule has 0 saturated heterocycles. The molecule has 10 heteroatoms. The second-order valence-electron chi connectivity index (χ2n) is 7.67. The van der Waals surface area contributed by atoms with Crippen molar-refractivity contribution in [1.29, 1.82) is 0 Å². The number of benzene rings is 3. The Morgan fingerprint density at radius 3 is 2.47 bits per heavy atom. The summed E-state index contributed by atoms with van der Waals surface area (Å²) in [7, 11) is 1.29. The van der Waals surface area contributed by atoms with Crippen molar-refractivity contribution in [2.45, 2.75) is 6.18 Å². The highest BCUT2D eigenvalue weighted by molar-refractivity contribution is 9.10. The average molecular weight is 559 g/mol. The van der Waals surface area contributed by atoms with Gasteiger partial charge < -0.3 is 18.3 Å². The van der Waals surface area contributed by atoms with Crippen LogP contribution < -0.4 is 14.9 Å². The Hall–Kier alpha value is -4.05. The molecule has 5 aromatic rings. The van der Waals surface area contributed by atoms with Crippen LogP contribution in [0.25, 0.3) is 33.1 Å². The number of fused-ring (bicyclic) bond motifs is 2. The maximum absolute atomic E-state index is 14.0. The fourth-order valence-corrected chi connectivity index (χ4v) is 4.18. The van der Waals surface area contributed by atoms with Gasteiger partial charge in [-0.15, -0.1) is 0 Å². The Bertz CT molecular complexity index is 1700. The van der Waals surface area contributed by atoms with E-state index in [1.165, 1.54) is 43.5 Å². The molecule has 36 heavy (non-hydrogen) atoms. The van der Waals surface area contributed by atoms with Gasteiger partial charge in [-0.1, -0.05) is 34.1 Å². The Balaban J connectivity index is 1.58. The van der Waals surface area contributed by atoms with Crippen LogP contribution in [0.2, 0.25) is 0 Å². The largest absolute Gasteiger partial charge is 0.496 e. The maximum atomic E-state index is 14.0. The monoisotopic (exact) mass is 558 g/mol. The summed E-state index contributed by atoms with van der Waals surface area (Å²) < 4.78 is 63.8. The van der Waals surface area contributed by atoms with Crippen molar-refractivity contribution in [2.24, 2.45) is 0 Å². The molecule has 182 valence electrons. The third-order valence-electron chi connectivity index (χ3n) is 5.39. The highest BCUT2D eigenvalue weighted by Crippen LogP contribution is 2.40. The topological polar surface area (TPSA) is 78.9 Å². The molecule has 0 unspecified atom stereocenters. The minimum Gasteiger partial charge on any atom is -0.496 e. The summed E-state index contributed by atoms with van der Waals surface area (Å²) in [6.45, 7) is 0. The summed E-state index contributed by atoms with van der Waals surface area (Å²) in [6.07, 6.45) is -4.99. The second-order valence-corrected chi connectivity index (χ2v) is 8.59. The molecule has 0 spiro atoms. The Labute approximate surface area is 209 Å². The van der Waals surface area contributed by atoms with Gasteiger partial charge in [0.25, 0.3) is 0 Å². The van der Waals surface area contributed by atoms with Crippen LogP contribution in [0.4, 0.5) is 13.2 Å². The molecule has 0 bridgehead atoms. The smallest absolute Gasteiger partial charge is 0.450 e. The predicted molar refractivity (Wildman–Crippen MR) is 128 cm³/mol. The van der Waals surface area contributed by atoms with Gasteiger partial charge in [-0.05, 0) is 42.5 Å². The molecular weight excluding hydrogens is 545 g/mol. The van der Waals surface area contributed by atoms with Crippen LogP contribution in [0, 0.1) is 0 Å². The molecule has 2 aromatic heterocycles. The summed E-state index contributed by atoms with van der Waals surface area (Å²) in [4.78, 5) is 25.8. The SMILES string of the molecule is COc1ccccc1-c1c(C(F)(F)F)oc2cc(OC(=O)c3cc4cc(Br)ccc4o3)ccc2c1=O. The minimum absolute atomic E-state index is 0.0602. The molecule has 3 aromatic carbocycles. The van der Waals surface area contributed by atoms with Crippen LogP contribution >= 0.6 is 15.9 Å². The van der Waals surface area contributed by atoms with Gasteiger partial charge in [0.1, 0.15) is 22.7 Å². The number of carbonyl (C=O) groups excluding carboxylic acids is 1. The highest BCUT2D eigenvalue weighted by Gasteiger charge is 2.40. The van der Waals surface area contributed by atoms with Crippen molar-refractivity contribution in [3.63, 3.8) is 0 Å². The third kappa shape index (κ3) is 4.24. The summed E-state index contributed by atoms with van der Waals surface area (Å²) in [6, 6.07) is 16.0. The molecule has 0 fully saturated rings. The number of ether oxygens (including phenoxy) is 2. The summed E-state index contributed by atoms with van der Waals surface area (Å²) in [5.74, 6) is -2.51.